The summed E-state index contributed by atoms with van der Waals surface area (Å²) in [5, 5.41) is 2.64. The molecule has 0 aliphatic carbocycles. The van der Waals surface area contributed by atoms with E-state index in [1.165, 1.54) is 6.08 Å². The van der Waals surface area contributed by atoms with Crippen LogP contribution in [0.15, 0.2) is 48.0 Å². The van der Waals surface area contributed by atoms with E-state index in [-0.39, 0.29) is 5.57 Å². The van der Waals surface area contributed by atoms with Crippen molar-refractivity contribution in [3.05, 3.63) is 64.2 Å². The minimum Gasteiger partial charge on any atom is -0.493 e. The van der Waals surface area contributed by atoms with Crippen molar-refractivity contribution >= 4 is 41.2 Å². The molecule has 2 aromatic rings. The van der Waals surface area contributed by atoms with Gasteiger partial charge in [0.2, 0.25) is 0 Å². The van der Waals surface area contributed by atoms with Crippen molar-refractivity contribution in [2.24, 2.45) is 0 Å². The summed E-state index contributed by atoms with van der Waals surface area (Å²) in [6, 6.07) is 11.1. The molecule has 27 heavy (non-hydrogen) atoms. The molecule has 0 spiro atoms. The molecule has 1 aliphatic heterocycles. The smallest absolute Gasteiger partial charge is 0.335 e. The number of anilines is 1. The molecule has 7 heteroatoms. The van der Waals surface area contributed by atoms with Gasteiger partial charge < -0.3 is 4.74 Å². The predicted molar refractivity (Wildman–Crippen MR) is 103 cm³/mol. The van der Waals surface area contributed by atoms with Crippen LogP contribution < -0.4 is 15.0 Å². The standard InChI is InChI=1S/C20H17ClN2O4/c1-3-27-17-9-8-14(21)10-13(17)11-15-18(24)22-20(26)23(19(15)25)16-7-5-4-6-12(16)2/h4-11H,3H2,1-2H3,(H,22,24,26)/b15-11+. The largest absolute Gasteiger partial charge is 0.493 e. The fourth-order valence-corrected chi connectivity index (χ4v) is 2.95. The highest BCUT2D eigenvalue weighted by Crippen LogP contribution is 2.28. The number of imide groups is 2. The molecule has 1 fully saturated rings. The first-order valence-electron chi connectivity index (χ1n) is 8.31. The van der Waals surface area contributed by atoms with Gasteiger partial charge in [0, 0.05) is 10.6 Å². The second-order valence-electron chi connectivity index (χ2n) is 5.86. The SMILES string of the molecule is CCOc1ccc(Cl)cc1/C=C1\C(=O)NC(=O)N(c2ccccc2C)C1=O. The quantitative estimate of drug-likeness (QED) is 0.644. The number of hydrogen-bond donors (Lipinski definition) is 1. The Kier molecular flexibility index (Phi) is 5.28. The van der Waals surface area contributed by atoms with Gasteiger partial charge in [0.15, 0.2) is 0 Å². The average molecular weight is 385 g/mol. The second kappa shape index (κ2) is 7.63. The molecule has 0 radical (unpaired) electrons. The molecule has 0 bridgehead atoms. The summed E-state index contributed by atoms with van der Waals surface area (Å²) in [6.07, 6.45) is 1.38. The van der Waals surface area contributed by atoms with Crippen LogP contribution in [0.1, 0.15) is 18.1 Å². The summed E-state index contributed by atoms with van der Waals surface area (Å²) >= 11 is 6.04. The van der Waals surface area contributed by atoms with Gasteiger partial charge in [-0.3, -0.25) is 14.9 Å². The Morgan fingerprint density at radius 1 is 1.15 bits per heavy atom. The summed E-state index contributed by atoms with van der Waals surface area (Å²) < 4.78 is 5.53. The molecule has 0 saturated carbocycles. The summed E-state index contributed by atoms with van der Waals surface area (Å²) in [5.74, 6) is -0.993. The van der Waals surface area contributed by atoms with Gasteiger partial charge in [-0.05, 0) is 49.8 Å². The van der Waals surface area contributed by atoms with Gasteiger partial charge >= 0.3 is 6.03 Å². The van der Waals surface area contributed by atoms with E-state index in [1.54, 1.807) is 49.4 Å². The Morgan fingerprint density at radius 3 is 2.59 bits per heavy atom. The lowest BCUT2D eigenvalue weighted by atomic mass is 10.0. The lowest BCUT2D eigenvalue weighted by Crippen LogP contribution is -2.54. The highest BCUT2D eigenvalue weighted by molar-refractivity contribution is 6.39. The van der Waals surface area contributed by atoms with Crippen LogP contribution in [-0.2, 0) is 9.59 Å². The van der Waals surface area contributed by atoms with E-state index >= 15 is 0 Å². The minimum absolute atomic E-state index is 0.180. The number of halogens is 1. The number of barbiturate groups is 1. The summed E-state index contributed by atoms with van der Waals surface area (Å²) in [7, 11) is 0. The topological polar surface area (TPSA) is 75.7 Å². The molecule has 1 heterocycles. The highest BCUT2D eigenvalue weighted by atomic mass is 35.5. The zero-order chi connectivity index (χ0) is 19.6. The van der Waals surface area contributed by atoms with Crippen molar-refractivity contribution in [2.75, 3.05) is 11.5 Å². The molecular formula is C20H17ClN2O4. The number of nitrogens with one attached hydrogen (secondary N) is 1. The summed E-state index contributed by atoms with van der Waals surface area (Å²) in [5.41, 5.74) is 1.44. The van der Waals surface area contributed by atoms with Gasteiger partial charge in [0.05, 0.1) is 12.3 Å². The Bertz CT molecular complexity index is 968. The number of rotatable bonds is 4. The van der Waals surface area contributed by atoms with Crippen LogP contribution in [0.5, 0.6) is 5.75 Å². The molecule has 1 N–H and O–H groups in total. The third-order valence-electron chi connectivity index (χ3n) is 4.03. The van der Waals surface area contributed by atoms with Crippen molar-refractivity contribution in [2.45, 2.75) is 13.8 Å². The van der Waals surface area contributed by atoms with Crippen molar-refractivity contribution in [1.29, 1.82) is 0 Å². The molecule has 0 unspecified atom stereocenters. The van der Waals surface area contributed by atoms with Crippen LogP contribution in [0.4, 0.5) is 10.5 Å². The number of urea groups is 1. The molecule has 4 amide bonds. The van der Waals surface area contributed by atoms with Crippen LogP contribution in [0.3, 0.4) is 0 Å². The van der Waals surface area contributed by atoms with Crippen molar-refractivity contribution in [3.63, 3.8) is 0 Å². The number of nitrogens with zero attached hydrogens (tertiary/aromatic N) is 1. The van der Waals surface area contributed by atoms with Crippen LogP contribution in [0.25, 0.3) is 6.08 Å². The number of benzene rings is 2. The molecule has 6 nitrogen and oxygen atoms in total. The first kappa shape index (κ1) is 18.7. The van der Waals surface area contributed by atoms with Crippen LogP contribution in [0, 0.1) is 6.92 Å². The second-order valence-corrected chi connectivity index (χ2v) is 6.30. The average Bonchev–Trinajstić information content (AvgIpc) is 2.62. The van der Waals surface area contributed by atoms with E-state index in [4.69, 9.17) is 16.3 Å². The van der Waals surface area contributed by atoms with Gasteiger partial charge in [0.25, 0.3) is 11.8 Å². The Balaban J connectivity index is 2.08. The lowest BCUT2D eigenvalue weighted by molar-refractivity contribution is -0.122. The molecular weight excluding hydrogens is 368 g/mol. The van der Waals surface area contributed by atoms with Gasteiger partial charge in [-0.15, -0.1) is 0 Å². The van der Waals surface area contributed by atoms with E-state index in [1.807, 2.05) is 6.92 Å². The lowest BCUT2D eigenvalue weighted by Gasteiger charge is -2.27. The zero-order valence-electron chi connectivity index (χ0n) is 14.8. The third kappa shape index (κ3) is 3.71. The van der Waals surface area contributed by atoms with Gasteiger partial charge in [-0.1, -0.05) is 29.8 Å². The molecule has 1 saturated heterocycles. The monoisotopic (exact) mass is 384 g/mol. The van der Waals surface area contributed by atoms with E-state index in [0.717, 1.165) is 10.5 Å². The normalized spacial score (nSPS) is 15.9. The molecule has 0 atom stereocenters. The van der Waals surface area contributed by atoms with Crippen LogP contribution >= 0.6 is 11.6 Å². The van der Waals surface area contributed by atoms with Crippen molar-refractivity contribution in [3.8, 4) is 5.75 Å². The predicted octanol–water partition coefficient (Wildman–Crippen LogP) is 3.71. The Morgan fingerprint density at radius 2 is 1.89 bits per heavy atom. The molecule has 2 aromatic carbocycles. The number of carbonyl (C=O) groups is 3. The van der Waals surface area contributed by atoms with Gasteiger partial charge in [-0.25, -0.2) is 9.69 Å². The first-order chi connectivity index (χ1) is 12.9. The third-order valence-corrected chi connectivity index (χ3v) is 4.26. The molecule has 138 valence electrons. The summed E-state index contributed by atoms with van der Waals surface area (Å²) in [4.78, 5) is 38.5. The molecule has 3 rings (SSSR count). The number of amides is 4. The van der Waals surface area contributed by atoms with Crippen molar-refractivity contribution < 1.29 is 19.1 Å². The Labute approximate surface area is 161 Å². The molecule has 0 aromatic heterocycles. The van der Waals surface area contributed by atoms with E-state index < -0.39 is 17.8 Å². The number of para-hydroxylation sites is 1. The van der Waals surface area contributed by atoms with Gasteiger partial charge in [-0.2, -0.15) is 0 Å². The van der Waals surface area contributed by atoms with E-state index in [9.17, 15) is 14.4 Å². The van der Waals surface area contributed by atoms with Crippen LogP contribution in [-0.4, -0.2) is 24.5 Å². The first-order valence-corrected chi connectivity index (χ1v) is 8.69. The Hall–Kier alpha value is -3.12. The van der Waals surface area contributed by atoms with Crippen LogP contribution in [0.2, 0.25) is 5.02 Å². The summed E-state index contributed by atoms with van der Waals surface area (Å²) in [6.45, 7) is 4.01. The number of aryl methyl sites for hydroxylation is 1. The van der Waals surface area contributed by atoms with Gasteiger partial charge in [0.1, 0.15) is 11.3 Å². The van der Waals surface area contributed by atoms with E-state index in [2.05, 4.69) is 5.32 Å². The number of ether oxygens (including phenoxy) is 1. The number of carbonyl (C=O) groups excluding carboxylic acids is 3. The van der Waals surface area contributed by atoms with E-state index in [0.29, 0.717) is 28.6 Å². The maximum Gasteiger partial charge on any atom is 0.335 e. The highest BCUT2D eigenvalue weighted by Gasteiger charge is 2.37. The molecule has 1 aliphatic rings. The number of hydrogen-bond acceptors (Lipinski definition) is 4. The fourth-order valence-electron chi connectivity index (χ4n) is 2.77. The minimum atomic E-state index is -0.785. The maximum atomic E-state index is 13.0. The maximum absolute atomic E-state index is 13.0. The van der Waals surface area contributed by atoms with Crippen molar-refractivity contribution in [1.82, 2.24) is 5.32 Å². The zero-order valence-corrected chi connectivity index (χ0v) is 15.5. The fraction of sp³-hybridized carbons (Fsp3) is 0.150.